The van der Waals surface area contributed by atoms with Crippen LogP contribution in [-0.4, -0.2) is 22.2 Å². The molecule has 100 valence electrons. The van der Waals surface area contributed by atoms with Crippen molar-refractivity contribution in [3.8, 4) is 0 Å². The van der Waals surface area contributed by atoms with Gasteiger partial charge in [0.25, 0.3) is 5.91 Å². The van der Waals surface area contributed by atoms with Crippen LogP contribution < -0.4 is 11.1 Å². The highest BCUT2D eigenvalue weighted by molar-refractivity contribution is 5.94. The number of nitrogen functional groups attached to an aromatic ring is 1. The molecule has 0 bridgehead atoms. The SMILES string of the molecule is Cc1ccc(C(=O)NCCn2cc(N)cn2)c(F)c1. The molecule has 1 heterocycles. The summed E-state index contributed by atoms with van der Waals surface area (Å²) in [7, 11) is 0. The Bertz CT molecular complexity index is 594. The fraction of sp³-hybridized carbons (Fsp3) is 0.231. The number of benzene rings is 1. The Kier molecular flexibility index (Phi) is 3.79. The summed E-state index contributed by atoms with van der Waals surface area (Å²) in [5.74, 6) is -0.946. The van der Waals surface area contributed by atoms with Gasteiger partial charge in [-0.2, -0.15) is 5.10 Å². The first-order chi connectivity index (χ1) is 9.06. The van der Waals surface area contributed by atoms with Crippen LogP contribution in [0.15, 0.2) is 30.6 Å². The lowest BCUT2D eigenvalue weighted by Crippen LogP contribution is -2.28. The number of rotatable bonds is 4. The van der Waals surface area contributed by atoms with Crippen LogP contribution in [0.5, 0.6) is 0 Å². The second kappa shape index (κ2) is 5.51. The van der Waals surface area contributed by atoms with E-state index in [1.54, 1.807) is 23.9 Å². The van der Waals surface area contributed by atoms with E-state index in [0.29, 0.717) is 18.8 Å². The second-order valence-corrected chi connectivity index (χ2v) is 4.28. The summed E-state index contributed by atoms with van der Waals surface area (Å²) in [6.07, 6.45) is 3.19. The van der Waals surface area contributed by atoms with Gasteiger partial charge in [0.15, 0.2) is 0 Å². The Morgan fingerprint density at radius 2 is 2.32 bits per heavy atom. The maximum Gasteiger partial charge on any atom is 0.254 e. The van der Waals surface area contributed by atoms with Gasteiger partial charge in [0.1, 0.15) is 5.82 Å². The van der Waals surface area contributed by atoms with Gasteiger partial charge >= 0.3 is 0 Å². The van der Waals surface area contributed by atoms with E-state index >= 15 is 0 Å². The molecule has 0 fully saturated rings. The Labute approximate surface area is 110 Å². The van der Waals surface area contributed by atoms with Gasteiger partial charge in [-0.3, -0.25) is 9.48 Å². The van der Waals surface area contributed by atoms with Crippen LogP contribution in [0, 0.1) is 12.7 Å². The Morgan fingerprint density at radius 1 is 1.53 bits per heavy atom. The highest BCUT2D eigenvalue weighted by Gasteiger charge is 2.10. The number of aromatic nitrogens is 2. The van der Waals surface area contributed by atoms with Crippen molar-refractivity contribution in [1.29, 1.82) is 0 Å². The topological polar surface area (TPSA) is 72.9 Å². The number of hydrogen-bond donors (Lipinski definition) is 2. The van der Waals surface area contributed by atoms with Gasteiger partial charge in [-0.05, 0) is 24.6 Å². The Hall–Kier alpha value is -2.37. The molecular formula is C13H15FN4O. The van der Waals surface area contributed by atoms with Crippen LogP contribution in [-0.2, 0) is 6.54 Å². The third-order valence-electron chi connectivity index (χ3n) is 2.65. The van der Waals surface area contributed by atoms with Gasteiger partial charge in [-0.15, -0.1) is 0 Å². The van der Waals surface area contributed by atoms with E-state index in [2.05, 4.69) is 10.4 Å². The largest absolute Gasteiger partial charge is 0.396 e. The molecule has 0 radical (unpaired) electrons. The van der Waals surface area contributed by atoms with Crippen LogP contribution in [0.2, 0.25) is 0 Å². The van der Waals surface area contributed by atoms with Crippen molar-refractivity contribution in [3.63, 3.8) is 0 Å². The van der Waals surface area contributed by atoms with E-state index in [0.717, 1.165) is 5.56 Å². The minimum atomic E-state index is -0.513. The molecule has 0 atom stereocenters. The molecule has 2 rings (SSSR count). The highest BCUT2D eigenvalue weighted by Crippen LogP contribution is 2.09. The molecule has 0 unspecified atom stereocenters. The van der Waals surface area contributed by atoms with Crippen LogP contribution in [0.1, 0.15) is 15.9 Å². The minimum Gasteiger partial charge on any atom is -0.396 e. The first-order valence-corrected chi connectivity index (χ1v) is 5.88. The first-order valence-electron chi connectivity index (χ1n) is 5.88. The number of carbonyl (C=O) groups is 1. The predicted molar refractivity (Wildman–Crippen MR) is 70.1 cm³/mol. The summed E-state index contributed by atoms with van der Waals surface area (Å²) >= 11 is 0. The molecule has 3 N–H and O–H groups in total. The van der Waals surface area contributed by atoms with Crippen molar-refractivity contribution < 1.29 is 9.18 Å². The Balaban J connectivity index is 1.90. The summed E-state index contributed by atoms with van der Waals surface area (Å²) < 4.78 is 15.2. The van der Waals surface area contributed by atoms with Crippen LogP contribution in [0.3, 0.4) is 0 Å². The third-order valence-corrected chi connectivity index (χ3v) is 2.65. The lowest BCUT2D eigenvalue weighted by atomic mass is 10.1. The Morgan fingerprint density at radius 3 is 2.95 bits per heavy atom. The maximum atomic E-state index is 13.6. The number of amides is 1. The monoisotopic (exact) mass is 262 g/mol. The lowest BCUT2D eigenvalue weighted by Gasteiger charge is -2.06. The van der Waals surface area contributed by atoms with Crippen LogP contribution in [0.4, 0.5) is 10.1 Å². The minimum absolute atomic E-state index is 0.0468. The second-order valence-electron chi connectivity index (χ2n) is 4.28. The van der Waals surface area contributed by atoms with Crippen molar-refractivity contribution in [1.82, 2.24) is 15.1 Å². The van der Waals surface area contributed by atoms with E-state index < -0.39 is 11.7 Å². The summed E-state index contributed by atoms with van der Waals surface area (Å²) in [5.41, 5.74) is 6.91. The molecule has 1 aromatic heterocycles. The molecule has 0 saturated heterocycles. The molecule has 0 spiro atoms. The fourth-order valence-corrected chi connectivity index (χ4v) is 1.69. The van der Waals surface area contributed by atoms with E-state index in [4.69, 9.17) is 5.73 Å². The van der Waals surface area contributed by atoms with E-state index in [1.165, 1.54) is 18.3 Å². The predicted octanol–water partition coefficient (Wildman–Crippen LogP) is 1.34. The fourth-order valence-electron chi connectivity index (χ4n) is 1.69. The molecule has 6 heteroatoms. The molecule has 5 nitrogen and oxygen atoms in total. The molecule has 1 amide bonds. The lowest BCUT2D eigenvalue weighted by molar-refractivity contribution is 0.0948. The number of carbonyl (C=O) groups excluding carboxylic acids is 1. The number of nitrogens with one attached hydrogen (secondary N) is 1. The van der Waals surface area contributed by atoms with Gasteiger partial charge in [-0.25, -0.2) is 4.39 Å². The zero-order valence-electron chi connectivity index (χ0n) is 10.6. The van der Waals surface area contributed by atoms with Gasteiger partial charge < -0.3 is 11.1 Å². The first kappa shape index (κ1) is 13.1. The number of anilines is 1. The smallest absolute Gasteiger partial charge is 0.254 e. The normalized spacial score (nSPS) is 10.4. The average Bonchev–Trinajstić information content (AvgIpc) is 2.75. The summed E-state index contributed by atoms with van der Waals surface area (Å²) in [6, 6.07) is 4.52. The van der Waals surface area contributed by atoms with Crippen LogP contribution >= 0.6 is 0 Å². The molecule has 19 heavy (non-hydrogen) atoms. The number of nitrogens with zero attached hydrogens (tertiary/aromatic N) is 2. The molecule has 1 aromatic carbocycles. The maximum absolute atomic E-state index is 13.6. The number of hydrogen-bond acceptors (Lipinski definition) is 3. The van der Waals surface area contributed by atoms with Gasteiger partial charge in [0.05, 0.1) is 24.0 Å². The summed E-state index contributed by atoms with van der Waals surface area (Å²) in [4.78, 5) is 11.8. The van der Waals surface area contributed by atoms with Crippen molar-refractivity contribution in [2.24, 2.45) is 0 Å². The van der Waals surface area contributed by atoms with Gasteiger partial charge in [0.2, 0.25) is 0 Å². The molecule has 0 saturated carbocycles. The summed E-state index contributed by atoms with van der Waals surface area (Å²) in [6.45, 7) is 2.61. The zero-order valence-corrected chi connectivity index (χ0v) is 10.6. The van der Waals surface area contributed by atoms with Crippen molar-refractivity contribution in [2.45, 2.75) is 13.5 Å². The number of halogens is 1. The van der Waals surface area contributed by atoms with Gasteiger partial charge in [-0.1, -0.05) is 6.07 Å². The van der Waals surface area contributed by atoms with Crippen molar-refractivity contribution >= 4 is 11.6 Å². The standard InChI is InChI=1S/C13H15FN4O/c1-9-2-3-11(12(14)6-9)13(19)16-4-5-18-8-10(15)7-17-18/h2-3,6-8H,4-5,15H2,1H3,(H,16,19). The summed E-state index contributed by atoms with van der Waals surface area (Å²) in [5, 5.41) is 6.62. The quantitative estimate of drug-likeness (QED) is 0.873. The molecule has 0 aliphatic carbocycles. The molecule has 0 aliphatic rings. The molecular weight excluding hydrogens is 247 g/mol. The molecule has 2 aromatic rings. The highest BCUT2D eigenvalue weighted by atomic mass is 19.1. The van der Waals surface area contributed by atoms with Crippen LogP contribution in [0.25, 0.3) is 0 Å². The third kappa shape index (κ3) is 3.31. The van der Waals surface area contributed by atoms with Crippen molar-refractivity contribution in [2.75, 3.05) is 12.3 Å². The van der Waals surface area contributed by atoms with E-state index in [9.17, 15) is 9.18 Å². The number of nitrogens with two attached hydrogens (primary N) is 1. The molecule has 0 aliphatic heterocycles. The van der Waals surface area contributed by atoms with E-state index in [1.807, 2.05) is 0 Å². The van der Waals surface area contributed by atoms with Crippen molar-refractivity contribution in [3.05, 3.63) is 47.5 Å². The van der Waals surface area contributed by atoms with Gasteiger partial charge in [0, 0.05) is 12.7 Å². The van der Waals surface area contributed by atoms with E-state index in [-0.39, 0.29) is 5.56 Å². The average molecular weight is 262 g/mol. The zero-order chi connectivity index (χ0) is 13.8. The number of aryl methyl sites for hydroxylation is 1.